The average molecular weight is 461 g/mol. The summed E-state index contributed by atoms with van der Waals surface area (Å²) in [6.07, 6.45) is -2.16. The van der Waals surface area contributed by atoms with Crippen LogP contribution < -0.4 is 5.32 Å². The zero-order valence-electron chi connectivity index (χ0n) is 18.4. The smallest absolute Gasteiger partial charge is 0.324 e. The molecule has 0 radical (unpaired) electrons. The average Bonchev–Trinajstić information content (AvgIpc) is 3.26. The summed E-state index contributed by atoms with van der Waals surface area (Å²) in [5, 5.41) is 3.15. The molecule has 3 aromatic rings. The molecule has 4 rings (SSSR count). The zero-order chi connectivity index (χ0) is 23.9. The Morgan fingerprint density at radius 2 is 1.94 bits per heavy atom. The highest BCUT2D eigenvalue weighted by Gasteiger charge is 2.44. The van der Waals surface area contributed by atoms with Gasteiger partial charge in [0, 0.05) is 42.4 Å². The standard InChI is InChI=1S/C23H23F4N5O/c1-4-20-28-10-14-8-17(13(3)29-21(14)31-20)16-9-19(18(24)7-12(16)2)30-22(33)32-6-5-15(11-32)23(25,26)27/h7-10,15H,4-6,11H2,1-3H3,(H,30,33)/t15-/m0/s1. The summed E-state index contributed by atoms with van der Waals surface area (Å²) >= 11 is 0. The molecule has 1 aliphatic heterocycles. The molecule has 10 heteroatoms. The number of carbonyl (C=O) groups excluding carboxylic acids is 1. The van der Waals surface area contributed by atoms with Crippen LogP contribution in [0.15, 0.2) is 24.4 Å². The molecule has 0 unspecified atom stereocenters. The van der Waals surface area contributed by atoms with Crippen molar-refractivity contribution in [2.24, 2.45) is 5.92 Å². The van der Waals surface area contributed by atoms with E-state index in [-0.39, 0.29) is 18.7 Å². The highest BCUT2D eigenvalue weighted by molar-refractivity contribution is 5.91. The van der Waals surface area contributed by atoms with E-state index >= 15 is 0 Å². The third kappa shape index (κ3) is 4.60. The third-order valence-electron chi connectivity index (χ3n) is 5.91. The molecular weight excluding hydrogens is 438 g/mol. The first-order chi connectivity index (χ1) is 15.6. The van der Waals surface area contributed by atoms with E-state index in [4.69, 9.17) is 0 Å². The fraction of sp³-hybridized carbons (Fsp3) is 0.391. The molecule has 0 spiro atoms. The second-order valence-corrected chi connectivity index (χ2v) is 8.22. The monoisotopic (exact) mass is 461 g/mol. The maximum atomic E-state index is 14.6. The van der Waals surface area contributed by atoms with Crippen LogP contribution in [0.4, 0.5) is 28.0 Å². The van der Waals surface area contributed by atoms with Gasteiger partial charge in [-0.15, -0.1) is 0 Å². The van der Waals surface area contributed by atoms with Gasteiger partial charge in [0.2, 0.25) is 0 Å². The lowest BCUT2D eigenvalue weighted by Gasteiger charge is -2.20. The number of nitrogens with one attached hydrogen (secondary N) is 1. The number of fused-ring (bicyclic) bond motifs is 1. The van der Waals surface area contributed by atoms with Crippen LogP contribution >= 0.6 is 0 Å². The molecule has 33 heavy (non-hydrogen) atoms. The van der Waals surface area contributed by atoms with Gasteiger partial charge in [-0.05, 0) is 49.6 Å². The highest BCUT2D eigenvalue weighted by Crippen LogP contribution is 2.35. The van der Waals surface area contributed by atoms with Gasteiger partial charge in [-0.3, -0.25) is 0 Å². The summed E-state index contributed by atoms with van der Waals surface area (Å²) in [6.45, 7) is 5.02. The normalized spacial score (nSPS) is 16.5. The van der Waals surface area contributed by atoms with Gasteiger partial charge in [0.05, 0.1) is 11.6 Å². The van der Waals surface area contributed by atoms with Gasteiger partial charge in [-0.1, -0.05) is 6.92 Å². The molecule has 1 atom stereocenters. The van der Waals surface area contributed by atoms with Crippen molar-refractivity contribution in [1.82, 2.24) is 19.9 Å². The molecule has 1 aromatic carbocycles. The minimum Gasteiger partial charge on any atom is -0.324 e. The van der Waals surface area contributed by atoms with Crippen molar-refractivity contribution in [2.45, 2.75) is 39.8 Å². The fourth-order valence-corrected chi connectivity index (χ4v) is 4.00. The van der Waals surface area contributed by atoms with Crippen LogP contribution in [0.2, 0.25) is 0 Å². The minimum absolute atomic E-state index is 0.0379. The summed E-state index contributed by atoms with van der Waals surface area (Å²) < 4.78 is 53.4. The van der Waals surface area contributed by atoms with Crippen LogP contribution in [0.3, 0.4) is 0 Å². The lowest BCUT2D eigenvalue weighted by atomic mass is 9.97. The number of pyridine rings is 1. The molecule has 6 nitrogen and oxygen atoms in total. The Bertz CT molecular complexity index is 1230. The second kappa shape index (κ2) is 8.57. The van der Waals surface area contributed by atoms with Gasteiger partial charge >= 0.3 is 12.2 Å². The molecular formula is C23H23F4N5O. The third-order valence-corrected chi connectivity index (χ3v) is 5.91. The number of hydrogen-bond donors (Lipinski definition) is 1. The molecule has 1 N–H and O–H groups in total. The van der Waals surface area contributed by atoms with Crippen molar-refractivity contribution < 1.29 is 22.4 Å². The number of benzene rings is 1. The minimum atomic E-state index is -4.36. The number of hydrogen-bond acceptors (Lipinski definition) is 4. The predicted molar refractivity (Wildman–Crippen MR) is 116 cm³/mol. The van der Waals surface area contributed by atoms with Gasteiger partial charge in [-0.25, -0.2) is 24.1 Å². The van der Waals surface area contributed by atoms with E-state index < -0.39 is 30.5 Å². The Kier molecular flexibility index (Phi) is 5.94. The zero-order valence-corrected chi connectivity index (χ0v) is 18.4. The SMILES string of the molecule is CCc1ncc2cc(-c3cc(NC(=O)N4CC[C@H](C(F)(F)F)C4)c(F)cc3C)c(C)nc2n1. The molecule has 1 fully saturated rings. The van der Waals surface area contributed by atoms with Crippen molar-refractivity contribution in [2.75, 3.05) is 18.4 Å². The van der Waals surface area contributed by atoms with Crippen molar-refractivity contribution >= 4 is 22.8 Å². The van der Waals surface area contributed by atoms with E-state index in [1.807, 2.05) is 19.9 Å². The number of alkyl halides is 3. The maximum Gasteiger partial charge on any atom is 0.393 e. The maximum absolute atomic E-state index is 14.6. The predicted octanol–water partition coefficient (Wildman–Crippen LogP) is 5.43. The number of rotatable bonds is 3. The molecule has 0 aliphatic carbocycles. The van der Waals surface area contributed by atoms with Crippen molar-refractivity contribution in [3.63, 3.8) is 0 Å². The molecule has 0 bridgehead atoms. The van der Waals surface area contributed by atoms with E-state index in [1.54, 1.807) is 13.1 Å². The molecule has 2 aromatic heterocycles. The summed E-state index contributed by atoms with van der Waals surface area (Å²) in [5.74, 6) is -1.55. The summed E-state index contributed by atoms with van der Waals surface area (Å²) in [5.41, 5.74) is 3.12. The fourth-order valence-electron chi connectivity index (χ4n) is 4.00. The van der Waals surface area contributed by atoms with Crippen LogP contribution in [-0.2, 0) is 6.42 Å². The van der Waals surface area contributed by atoms with Crippen molar-refractivity contribution in [3.8, 4) is 11.1 Å². The number of urea groups is 1. The first kappa shape index (κ1) is 22.9. The Morgan fingerprint density at radius 1 is 1.18 bits per heavy atom. The summed E-state index contributed by atoms with van der Waals surface area (Å²) in [4.78, 5) is 26.9. The van der Waals surface area contributed by atoms with Gasteiger partial charge in [0.25, 0.3) is 0 Å². The topological polar surface area (TPSA) is 71.0 Å². The van der Waals surface area contributed by atoms with E-state index in [2.05, 4.69) is 20.3 Å². The number of carbonyl (C=O) groups is 1. The van der Waals surface area contributed by atoms with Gasteiger partial charge in [0.15, 0.2) is 5.65 Å². The molecule has 1 saturated heterocycles. The van der Waals surface area contributed by atoms with E-state index in [1.165, 1.54) is 12.1 Å². The van der Waals surface area contributed by atoms with Crippen LogP contribution in [0.1, 0.15) is 30.4 Å². The van der Waals surface area contributed by atoms with E-state index in [0.717, 1.165) is 15.8 Å². The first-order valence-corrected chi connectivity index (χ1v) is 10.6. The van der Waals surface area contributed by atoms with Crippen LogP contribution in [0.25, 0.3) is 22.2 Å². The van der Waals surface area contributed by atoms with E-state index in [0.29, 0.717) is 34.7 Å². The second-order valence-electron chi connectivity index (χ2n) is 8.22. The number of anilines is 1. The molecule has 1 aliphatic rings. The number of nitrogens with zero attached hydrogens (tertiary/aromatic N) is 4. The Balaban J connectivity index is 1.64. The quantitative estimate of drug-likeness (QED) is 0.529. The van der Waals surface area contributed by atoms with Crippen LogP contribution in [0.5, 0.6) is 0 Å². The molecule has 2 amide bonds. The lowest BCUT2D eigenvalue weighted by Crippen LogP contribution is -2.35. The van der Waals surface area contributed by atoms with Gasteiger partial charge < -0.3 is 10.2 Å². The van der Waals surface area contributed by atoms with Crippen LogP contribution in [0, 0.1) is 25.6 Å². The van der Waals surface area contributed by atoms with E-state index in [9.17, 15) is 22.4 Å². The molecule has 3 heterocycles. The number of aryl methyl sites for hydroxylation is 3. The Hall–Kier alpha value is -3.30. The molecule has 174 valence electrons. The summed E-state index contributed by atoms with van der Waals surface area (Å²) in [7, 11) is 0. The van der Waals surface area contributed by atoms with Crippen LogP contribution in [-0.4, -0.2) is 45.1 Å². The first-order valence-electron chi connectivity index (χ1n) is 10.6. The number of amides is 2. The van der Waals surface area contributed by atoms with Crippen molar-refractivity contribution in [1.29, 1.82) is 0 Å². The van der Waals surface area contributed by atoms with Gasteiger partial charge in [0.1, 0.15) is 11.6 Å². The van der Waals surface area contributed by atoms with Gasteiger partial charge in [-0.2, -0.15) is 13.2 Å². The largest absolute Gasteiger partial charge is 0.393 e. The molecule has 0 saturated carbocycles. The Morgan fingerprint density at radius 3 is 2.61 bits per heavy atom. The Labute approximate surface area is 188 Å². The summed E-state index contributed by atoms with van der Waals surface area (Å²) in [6, 6.07) is 3.87. The highest BCUT2D eigenvalue weighted by atomic mass is 19.4. The van der Waals surface area contributed by atoms with Crippen molar-refractivity contribution in [3.05, 3.63) is 47.3 Å². The number of likely N-dealkylation sites (tertiary alicyclic amines) is 1. The number of halogens is 4. The lowest BCUT2D eigenvalue weighted by molar-refractivity contribution is -0.169. The number of aromatic nitrogens is 3.